The number of Topliss-reactive ketones (excluding diaryl/α,β-unsaturated/α-hetero) is 1. The number of methoxy groups -OCH3 is 1. The van der Waals surface area contributed by atoms with Gasteiger partial charge < -0.3 is 14.5 Å². The van der Waals surface area contributed by atoms with Crippen LogP contribution in [0.1, 0.15) is 23.7 Å². The van der Waals surface area contributed by atoms with Crippen LogP contribution < -0.4 is 14.5 Å². The molecule has 1 aliphatic rings. The zero-order chi connectivity index (χ0) is 16.9. The number of benzene rings is 2. The number of para-hydroxylation sites is 1. The van der Waals surface area contributed by atoms with Gasteiger partial charge in [-0.2, -0.15) is 0 Å². The molecule has 2 aromatic carbocycles. The van der Waals surface area contributed by atoms with Crippen LogP contribution in [0.25, 0.3) is 0 Å². The molecule has 126 valence electrons. The molecule has 0 atom stereocenters. The van der Waals surface area contributed by atoms with Crippen molar-refractivity contribution in [2.45, 2.75) is 13.3 Å². The number of ketones is 1. The van der Waals surface area contributed by atoms with Gasteiger partial charge in [0.25, 0.3) is 0 Å². The van der Waals surface area contributed by atoms with Gasteiger partial charge in [0, 0.05) is 55.6 Å². The Labute approximate surface area is 143 Å². The first kappa shape index (κ1) is 16.4. The number of carbonyl (C=O) groups excluding carboxylic acids is 1. The number of piperazine rings is 1. The molecule has 24 heavy (non-hydrogen) atoms. The van der Waals surface area contributed by atoms with Crippen LogP contribution in [-0.2, 0) is 0 Å². The molecule has 1 heterocycles. The summed E-state index contributed by atoms with van der Waals surface area (Å²) in [6, 6.07) is 16.1. The Balaban J connectivity index is 1.72. The summed E-state index contributed by atoms with van der Waals surface area (Å²) in [5.74, 6) is 1.09. The standard InChI is InChI=1S/C20H24N2O2/c1-3-20(23)18-9-4-5-10-19(18)22-13-11-21(12-14-22)16-7-6-8-17(15-16)24-2/h4-10,15H,3,11-14H2,1-2H3. The molecular formula is C20H24N2O2. The first-order chi connectivity index (χ1) is 11.7. The number of ether oxygens (including phenoxy) is 1. The highest BCUT2D eigenvalue weighted by Gasteiger charge is 2.21. The van der Waals surface area contributed by atoms with Gasteiger partial charge >= 0.3 is 0 Å². The molecule has 3 rings (SSSR count). The summed E-state index contributed by atoms with van der Waals surface area (Å²) >= 11 is 0. The van der Waals surface area contributed by atoms with Crippen LogP contribution in [0.2, 0.25) is 0 Å². The van der Waals surface area contributed by atoms with E-state index in [-0.39, 0.29) is 5.78 Å². The summed E-state index contributed by atoms with van der Waals surface area (Å²) in [6.07, 6.45) is 0.542. The van der Waals surface area contributed by atoms with Gasteiger partial charge in [-0.3, -0.25) is 4.79 Å². The van der Waals surface area contributed by atoms with Crippen molar-refractivity contribution < 1.29 is 9.53 Å². The molecule has 0 amide bonds. The second kappa shape index (κ2) is 7.39. The Kier molecular flexibility index (Phi) is 5.04. The molecule has 0 spiro atoms. The van der Waals surface area contributed by atoms with Crippen molar-refractivity contribution in [2.75, 3.05) is 43.1 Å². The topological polar surface area (TPSA) is 32.8 Å². The van der Waals surface area contributed by atoms with Gasteiger partial charge in [-0.25, -0.2) is 0 Å². The highest BCUT2D eigenvalue weighted by Crippen LogP contribution is 2.26. The summed E-state index contributed by atoms with van der Waals surface area (Å²) in [7, 11) is 1.69. The summed E-state index contributed by atoms with van der Waals surface area (Å²) in [5, 5.41) is 0. The zero-order valence-corrected chi connectivity index (χ0v) is 14.4. The molecule has 2 aromatic rings. The molecular weight excluding hydrogens is 300 g/mol. The van der Waals surface area contributed by atoms with E-state index in [1.165, 1.54) is 5.69 Å². The largest absolute Gasteiger partial charge is 0.497 e. The van der Waals surface area contributed by atoms with Crippen LogP contribution in [0.4, 0.5) is 11.4 Å². The Bertz CT molecular complexity index is 706. The van der Waals surface area contributed by atoms with E-state index in [0.29, 0.717) is 6.42 Å². The Morgan fingerprint density at radius 2 is 1.71 bits per heavy atom. The van der Waals surface area contributed by atoms with Crippen LogP contribution in [0.3, 0.4) is 0 Å². The van der Waals surface area contributed by atoms with E-state index < -0.39 is 0 Å². The molecule has 0 saturated carbocycles. The number of carbonyl (C=O) groups is 1. The first-order valence-electron chi connectivity index (χ1n) is 8.49. The third-order valence-corrected chi connectivity index (χ3v) is 4.56. The van der Waals surface area contributed by atoms with Gasteiger partial charge in [0.2, 0.25) is 0 Å². The predicted molar refractivity (Wildman–Crippen MR) is 98.5 cm³/mol. The number of anilines is 2. The number of hydrogen-bond acceptors (Lipinski definition) is 4. The first-order valence-corrected chi connectivity index (χ1v) is 8.49. The minimum Gasteiger partial charge on any atom is -0.497 e. The lowest BCUT2D eigenvalue weighted by Gasteiger charge is -2.38. The van der Waals surface area contributed by atoms with Crippen LogP contribution >= 0.6 is 0 Å². The van der Waals surface area contributed by atoms with E-state index in [4.69, 9.17) is 4.74 Å². The SMILES string of the molecule is CCC(=O)c1ccccc1N1CCN(c2cccc(OC)c2)CC1. The van der Waals surface area contributed by atoms with Gasteiger partial charge in [-0.05, 0) is 24.3 Å². The summed E-state index contributed by atoms with van der Waals surface area (Å²) in [5.41, 5.74) is 3.09. The van der Waals surface area contributed by atoms with Crippen LogP contribution in [0, 0.1) is 0 Å². The second-order valence-corrected chi connectivity index (χ2v) is 5.97. The van der Waals surface area contributed by atoms with E-state index in [9.17, 15) is 4.79 Å². The highest BCUT2D eigenvalue weighted by atomic mass is 16.5. The van der Waals surface area contributed by atoms with Gasteiger partial charge in [0.1, 0.15) is 5.75 Å². The van der Waals surface area contributed by atoms with Crippen LogP contribution in [-0.4, -0.2) is 39.1 Å². The van der Waals surface area contributed by atoms with Crippen molar-refractivity contribution in [1.29, 1.82) is 0 Å². The average Bonchev–Trinajstić information content (AvgIpc) is 2.67. The minimum absolute atomic E-state index is 0.209. The Morgan fingerprint density at radius 1 is 1.00 bits per heavy atom. The van der Waals surface area contributed by atoms with Crippen molar-refractivity contribution in [3.63, 3.8) is 0 Å². The van der Waals surface area contributed by atoms with E-state index in [2.05, 4.69) is 28.0 Å². The molecule has 1 saturated heterocycles. The molecule has 4 nitrogen and oxygen atoms in total. The molecule has 0 aromatic heterocycles. The smallest absolute Gasteiger partial charge is 0.164 e. The maximum absolute atomic E-state index is 12.2. The lowest BCUT2D eigenvalue weighted by Crippen LogP contribution is -2.47. The van der Waals surface area contributed by atoms with E-state index in [0.717, 1.165) is 43.2 Å². The van der Waals surface area contributed by atoms with E-state index in [1.54, 1.807) is 7.11 Å². The van der Waals surface area contributed by atoms with E-state index in [1.807, 2.05) is 37.3 Å². The fourth-order valence-corrected chi connectivity index (χ4v) is 3.19. The normalized spacial score (nSPS) is 14.6. The fourth-order valence-electron chi connectivity index (χ4n) is 3.19. The van der Waals surface area contributed by atoms with Gasteiger partial charge in [0.15, 0.2) is 5.78 Å². The summed E-state index contributed by atoms with van der Waals surface area (Å²) in [4.78, 5) is 16.9. The quantitative estimate of drug-likeness (QED) is 0.787. The lowest BCUT2D eigenvalue weighted by molar-refractivity contribution is 0.0988. The van der Waals surface area contributed by atoms with Crippen molar-refractivity contribution in [3.8, 4) is 5.75 Å². The molecule has 1 fully saturated rings. The third kappa shape index (κ3) is 3.37. The molecule has 4 heteroatoms. The molecule has 0 unspecified atom stereocenters. The van der Waals surface area contributed by atoms with Crippen molar-refractivity contribution in [1.82, 2.24) is 0 Å². The van der Waals surface area contributed by atoms with Crippen molar-refractivity contribution in [2.24, 2.45) is 0 Å². The van der Waals surface area contributed by atoms with Gasteiger partial charge in [-0.1, -0.05) is 25.1 Å². The Morgan fingerprint density at radius 3 is 2.42 bits per heavy atom. The number of nitrogens with zero attached hydrogens (tertiary/aromatic N) is 2. The van der Waals surface area contributed by atoms with Crippen molar-refractivity contribution in [3.05, 3.63) is 54.1 Å². The van der Waals surface area contributed by atoms with Gasteiger partial charge in [0.05, 0.1) is 7.11 Å². The van der Waals surface area contributed by atoms with Crippen molar-refractivity contribution >= 4 is 17.2 Å². The monoisotopic (exact) mass is 324 g/mol. The van der Waals surface area contributed by atoms with Crippen LogP contribution in [0.5, 0.6) is 5.75 Å². The average molecular weight is 324 g/mol. The zero-order valence-electron chi connectivity index (χ0n) is 14.4. The number of rotatable bonds is 5. The molecule has 0 radical (unpaired) electrons. The molecule has 0 aliphatic carbocycles. The summed E-state index contributed by atoms with van der Waals surface area (Å²) < 4.78 is 5.32. The lowest BCUT2D eigenvalue weighted by atomic mass is 10.0. The fraction of sp³-hybridized carbons (Fsp3) is 0.350. The molecule has 0 bridgehead atoms. The third-order valence-electron chi connectivity index (χ3n) is 4.56. The predicted octanol–water partition coefficient (Wildman–Crippen LogP) is 3.61. The summed E-state index contributed by atoms with van der Waals surface area (Å²) in [6.45, 7) is 5.60. The Hall–Kier alpha value is -2.49. The minimum atomic E-state index is 0.209. The van der Waals surface area contributed by atoms with Gasteiger partial charge in [-0.15, -0.1) is 0 Å². The maximum Gasteiger partial charge on any atom is 0.164 e. The molecule has 0 N–H and O–H groups in total. The van der Waals surface area contributed by atoms with E-state index >= 15 is 0 Å². The maximum atomic E-state index is 12.2. The number of hydrogen-bond donors (Lipinski definition) is 0. The molecule has 1 aliphatic heterocycles. The second-order valence-electron chi connectivity index (χ2n) is 5.97. The van der Waals surface area contributed by atoms with Crippen LogP contribution in [0.15, 0.2) is 48.5 Å². The highest BCUT2D eigenvalue weighted by molar-refractivity contribution is 6.01.